The average molecular weight is 992 g/mol. The standard InChI is InChI=1S/C27H52N3O30P3/c28-2-6(32)19-21(56-25-17(38)22(60-63(48,49)50)16(37)18(55-25)7(33)3-31)8(58-61(42,43)44)1-27(57-19,26(40)41)52-5-10-20(59-62(45,46)47)15(36)12(30)24(54-10)51-4-9-13(34)14(35)11(29)23(39)53-9/h6-25,31-39H,1-5,28-30H2,(H,40,41)(H2,42,43,44)(H2,45,46,47)(H2,48,49,50)/t6-,7-,8-,9-,10-,11-,12-,13-,14-,15-,16-,17+,18-,19-,20-,21-,22+,23+,24-,25-,27-/m1/s1. The van der Waals surface area contributed by atoms with E-state index in [9.17, 15) is 98.9 Å². The van der Waals surface area contributed by atoms with Crippen LogP contribution >= 0.6 is 23.5 Å². The Morgan fingerprint density at radius 3 is 1.81 bits per heavy atom. The van der Waals surface area contributed by atoms with Crippen molar-refractivity contribution in [2.75, 3.05) is 26.4 Å². The maximum Gasteiger partial charge on any atom is 0.470 e. The zero-order valence-electron chi connectivity index (χ0n) is 32.0. The number of aliphatic hydroxyl groups excluding tert-OH is 9. The highest BCUT2D eigenvalue weighted by molar-refractivity contribution is 7.46. The molecule has 22 N–H and O–H groups in total. The van der Waals surface area contributed by atoms with Gasteiger partial charge in [0.15, 0.2) is 18.9 Å². The lowest BCUT2D eigenvalue weighted by atomic mass is 9.91. The van der Waals surface area contributed by atoms with Gasteiger partial charge >= 0.3 is 29.4 Å². The largest absolute Gasteiger partial charge is 0.477 e. The molecule has 0 aromatic heterocycles. The molecule has 21 atom stereocenters. The second kappa shape index (κ2) is 21.6. The van der Waals surface area contributed by atoms with Gasteiger partial charge in [0.2, 0.25) is 0 Å². The number of nitrogens with two attached hydrogens (primary N) is 3. The molecule has 0 aromatic carbocycles. The number of rotatable bonds is 19. The van der Waals surface area contributed by atoms with E-state index in [0.717, 1.165) is 0 Å². The fraction of sp³-hybridized carbons (Fsp3) is 0.963. The number of carbonyl (C=O) groups is 1. The molecule has 4 aliphatic rings. The molecule has 0 spiro atoms. The van der Waals surface area contributed by atoms with Gasteiger partial charge in [-0.25, -0.2) is 18.5 Å². The van der Waals surface area contributed by atoms with E-state index in [1.807, 2.05) is 0 Å². The van der Waals surface area contributed by atoms with Crippen LogP contribution in [0.5, 0.6) is 0 Å². The van der Waals surface area contributed by atoms with Crippen LogP contribution in [0.15, 0.2) is 0 Å². The molecule has 4 heterocycles. The maximum atomic E-state index is 13.0. The van der Waals surface area contributed by atoms with Crippen molar-refractivity contribution in [1.29, 1.82) is 0 Å². The van der Waals surface area contributed by atoms with Crippen LogP contribution in [-0.4, -0.2) is 241 Å². The van der Waals surface area contributed by atoms with Crippen LogP contribution in [0.1, 0.15) is 6.42 Å². The first-order valence-corrected chi connectivity index (χ1v) is 22.8. The van der Waals surface area contributed by atoms with Crippen LogP contribution in [-0.2, 0) is 65.2 Å². The van der Waals surface area contributed by atoms with Crippen molar-refractivity contribution in [1.82, 2.24) is 0 Å². The van der Waals surface area contributed by atoms with Gasteiger partial charge < -0.3 is 131 Å². The molecule has 0 bridgehead atoms. The average Bonchev–Trinajstić information content (AvgIpc) is 3.17. The molecule has 4 fully saturated rings. The van der Waals surface area contributed by atoms with Crippen LogP contribution in [0.4, 0.5) is 0 Å². The quantitative estimate of drug-likeness (QED) is 0.0534. The summed E-state index contributed by atoms with van der Waals surface area (Å²) in [6.45, 7) is -4.21. The smallest absolute Gasteiger partial charge is 0.470 e. The summed E-state index contributed by atoms with van der Waals surface area (Å²) < 4.78 is 88.1. The number of hydrogen-bond acceptors (Lipinski definition) is 26. The Kier molecular flexibility index (Phi) is 18.7. The molecule has 63 heavy (non-hydrogen) atoms. The number of aliphatic hydroxyl groups is 9. The van der Waals surface area contributed by atoms with Crippen LogP contribution in [0.2, 0.25) is 0 Å². The molecular weight excluding hydrogens is 939 g/mol. The number of phosphoric acid groups is 3. The Hall–Kier alpha value is -0.960. The van der Waals surface area contributed by atoms with Crippen LogP contribution < -0.4 is 17.2 Å². The van der Waals surface area contributed by atoms with Crippen molar-refractivity contribution in [3.63, 3.8) is 0 Å². The minimum absolute atomic E-state index is 0.793. The lowest BCUT2D eigenvalue weighted by Crippen LogP contribution is -2.68. The van der Waals surface area contributed by atoms with E-state index in [4.69, 9.17) is 54.9 Å². The normalized spacial score (nSPS) is 43.0. The van der Waals surface area contributed by atoms with Gasteiger partial charge in [0.25, 0.3) is 5.79 Å². The zero-order chi connectivity index (χ0) is 47.7. The fourth-order valence-electron chi connectivity index (χ4n) is 6.95. The van der Waals surface area contributed by atoms with Gasteiger partial charge in [-0.2, -0.15) is 0 Å². The third-order valence-electron chi connectivity index (χ3n) is 10.1. The lowest BCUT2D eigenvalue weighted by Gasteiger charge is -2.50. The maximum absolute atomic E-state index is 13.0. The number of carboxylic acids is 1. The Balaban J connectivity index is 1.68. The molecule has 0 radical (unpaired) electrons. The molecule has 0 amide bonds. The first kappa shape index (κ1) is 54.6. The Morgan fingerprint density at radius 2 is 1.27 bits per heavy atom. The molecule has 0 saturated carbocycles. The molecule has 0 aromatic rings. The summed E-state index contributed by atoms with van der Waals surface area (Å²) in [6.07, 6.45) is -39.9. The third-order valence-corrected chi connectivity index (χ3v) is 11.6. The van der Waals surface area contributed by atoms with E-state index in [1.165, 1.54) is 0 Å². The Labute approximate surface area is 353 Å². The second-order valence-corrected chi connectivity index (χ2v) is 18.2. The molecule has 0 aliphatic carbocycles. The predicted octanol–water partition coefficient (Wildman–Crippen LogP) is -10.3. The molecule has 33 nitrogen and oxygen atoms in total. The zero-order valence-corrected chi connectivity index (χ0v) is 34.7. The highest BCUT2D eigenvalue weighted by atomic mass is 31.2. The molecule has 370 valence electrons. The number of aliphatic carboxylic acids is 1. The van der Waals surface area contributed by atoms with Crippen molar-refractivity contribution in [3.05, 3.63) is 0 Å². The van der Waals surface area contributed by atoms with Crippen LogP contribution in [0.25, 0.3) is 0 Å². The van der Waals surface area contributed by atoms with Crippen molar-refractivity contribution >= 4 is 29.4 Å². The van der Waals surface area contributed by atoms with Crippen LogP contribution in [0.3, 0.4) is 0 Å². The van der Waals surface area contributed by atoms with E-state index in [1.54, 1.807) is 0 Å². The van der Waals surface area contributed by atoms with Gasteiger partial charge in [0.1, 0.15) is 85.5 Å². The summed E-state index contributed by atoms with van der Waals surface area (Å²) in [5.41, 5.74) is 17.1. The summed E-state index contributed by atoms with van der Waals surface area (Å²) in [5.74, 6) is -5.52. The Morgan fingerprint density at radius 1 is 0.683 bits per heavy atom. The molecule has 4 rings (SSSR count). The second-order valence-electron chi connectivity index (χ2n) is 14.6. The first-order chi connectivity index (χ1) is 28.9. The molecule has 0 unspecified atom stereocenters. The topological polar surface area (TPSA) is 562 Å². The number of ether oxygens (including phenoxy) is 7. The Bertz CT molecular complexity index is 1660. The summed E-state index contributed by atoms with van der Waals surface area (Å²) in [5, 5.41) is 104. The summed E-state index contributed by atoms with van der Waals surface area (Å²) >= 11 is 0. The van der Waals surface area contributed by atoms with Crippen molar-refractivity contribution < 1.29 is 146 Å². The van der Waals surface area contributed by atoms with E-state index in [2.05, 4.69) is 9.05 Å². The van der Waals surface area contributed by atoms with Gasteiger partial charge in [0.05, 0.1) is 38.0 Å². The summed E-state index contributed by atoms with van der Waals surface area (Å²) in [7, 11) is -17.0. The highest BCUT2D eigenvalue weighted by Crippen LogP contribution is 2.47. The fourth-order valence-corrected chi connectivity index (χ4v) is 8.64. The van der Waals surface area contributed by atoms with Gasteiger partial charge in [-0.3, -0.25) is 13.6 Å². The van der Waals surface area contributed by atoms with Gasteiger partial charge in [0, 0.05) is 13.0 Å². The number of carboxylic acid groups (broad SMARTS) is 1. The number of hydrogen-bond donors (Lipinski definition) is 19. The summed E-state index contributed by atoms with van der Waals surface area (Å²) in [4.78, 5) is 70.8. The predicted molar refractivity (Wildman–Crippen MR) is 190 cm³/mol. The van der Waals surface area contributed by atoms with Gasteiger partial charge in [-0.05, 0) is 0 Å². The lowest BCUT2D eigenvalue weighted by molar-refractivity contribution is -0.370. The molecule has 4 aliphatic heterocycles. The minimum Gasteiger partial charge on any atom is -0.477 e. The van der Waals surface area contributed by atoms with Gasteiger partial charge in [-0.15, -0.1) is 0 Å². The van der Waals surface area contributed by atoms with Crippen molar-refractivity contribution in [2.45, 2.75) is 135 Å². The number of phosphoric ester groups is 3. The van der Waals surface area contributed by atoms with E-state index < -0.39 is 191 Å². The van der Waals surface area contributed by atoms with Crippen LogP contribution in [0, 0.1) is 0 Å². The molecule has 36 heteroatoms. The SMILES string of the molecule is NC[C@@H](O)[C@H]1O[C@@](OC[C@H]2O[C@@H](OC[C@H]3O[C@H](O)[C@H](N)[C@@H](O)[C@@H]3O)[C@H](N)[C@@H](O)[C@@H]2OP(=O)(O)O)(C(=O)O)C[C@@H](OP(=O)(O)O)[C@H]1O[C@H]1O[C@H]([C@H](O)CO)[C@@H](O)[C@H](OP(=O)(O)O)[C@@H]1O. The minimum atomic E-state index is -5.81. The summed E-state index contributed by atoms with van der Waals surface area (Å²) in [6, 6.07) is -3.25. The van der Waals surface area contributed by atoms with Crippen molar-refractivity contribution in [3.8, 4) is 0 Å². The van der Waals surface area contributed by atoms with Crippen molar-refractivity contribution in [2.24, 2.45) is 17.2 Å². The highest BCUT2D eigenvalue weighted by Gasteiger charge is 2.60. The monoisotopic (exact) mass is 991 g/mol. The van der Waals surface area contributed by atoms with E-state index in [0.29, 0.717) is 0 Å². The van der Waals surface area contributed by atoms with E-state index >= 15 is 0 Å². The first-order valence-electron chi connectivity index (χ1n) is 18.2. The third kappa shape index (κ3) is 13.6. The van der Waals surface area contributed by atoms with E-state index in [-0.39, 0.29) is 0 Å². The molecular formula is C27H52N3O30P3. The molecule has 4 saturated heterocycles. The van der Waals surface area contributed by atoms with Gasteiger partial charge in [-0.1, -0.05) is 0 Å².